The second-order valence-corrected chi connectivity index (χ2v) is 11.4. The predicted octanol–water partition coefficient (Wildman–Crippen LogP) is 2.63. The Kier molecular flexibility index (Phi) is 5.60. The van der Waals surface area contributed by atoms with Gasteiger partial charge in [0.25, 0.3) is 0 Å². The molecule has 0 bridgehead atoms. The molecule has 4 rings (SSSR count). The predicted molar refractivity (Wildman–Crippen MR) is 110 cm³/mol. The third-order valence-corrected chi connectivity index (χ3v) is 10.1. The molecule has 0 aromatic heterocycles. The lowest BCUT2D eigenvalue weighted by atomic mass is 9.42. The molecule has 0 saturated heterocycles. The maximum absolute atomic E-state index is 13.7. The number of fused-ring (bicyclic) bond motifs is 5. The van der Waals surface area contributed by atoms with E-state index in [0.717, 1.165) is 19.3 Å². The molecule has 0 spiro atoms. The van der Waals surface area contributed by atoms with Crippen molar-refractivity contribution < 1.29 is 30.0 Å². The van der Waals surface area contributed by atoms with Gasteiger partial charge in [0.1, 0.15) is 6.10 Å². The van der Waals surface area contributed by atoms with E-state index in [2.05, 4.69) is 6.92 Å². The fourth-order valence-electron chi connectivity index (χ4n) is 8.49. The van der Waals surface area contributed by atoms with Gasteiger partial charge in [-0.15, -0.1) is 0 Å². The summed E-state index contributed by atoms with van der Waals surface area (Å²) in [7, 11) is 0. The Morgan fingerprint density at radius 3 is 2.50 bits per heavy atom. The molecule has 4 fully saturated rings. The Balaban J connectivity index is 1.67. The van der Waals surface area contributed by atoms with E-state index in [0.29, 0.717) is 25.7 Å². The minimum atomic E-state index is -1.07. The molecule has 0 heterocycles. The standard InChI is InChI=1S/C24H38O6/c1-12(4-7-18(27)28)15-5-6-16-19-17(26)11-13-10-14(25)8-9-23(13,2)20(19)21(29)22(30)24(15,16)3/h12-17,19-20,22,25-26,30H,4-11H2,1-3H3,(H,27,28)/t12-,13+,14-,15-,16+,17-,19-,20-,22-,23+,24-/m1/s1. The number of aliphatic carboxylic acids is 1. The van der Waals surface area contributed by atoms with E-state index < -0.39 is 23.6 Å². The number of aliphatic hydroxyl groups is 3. The van der Waals surface area contributed by atoms with Gasteiger partial charge in [-0.3, -0.25) is 9.59 Å². The summed E-state index contributed by atoms with van der Waals surface area (Å²) in [6, 6.07) is 0. The van der Waals surface area contributed by atoms with Crippen molar-refractivity contribution in [3.63, 3.8) is 0 Å². The van der Waals surface area contributed by atoms with Crippen molar-refractivity contribution in [2.24, 2.45) is 46.3 Å². The van der Waals surface area contributed by atoms with E-state index in [-0.39, 0.29) is 59.2 Å². The van der Waals surface area contributed by atoms with Crippen LogP contribution in [0.1, 0.15) is 72.1 Å². The minimum absolute atomic E-state index is 0.0621. The summed E-state index contributed by atoms with van der Waals surface area (Å²) in [5, 5.41) is 41.9. The third kappa shape index (κ3) is 3.08. The highest BCUT2D eigenvalue weighted by atomic mass is 16.4. The van der Waals surface area contributed by atoms with Crippen LogP contribution in [-0.2, 0) is 9.59 Å². The number of hydrogen-bond donors (Lipinski definition) is 4. The molecule has 6 heteroatoms. The van der Waals surface area contributed by atoms with E-state index in [1.54, 1.807) is 0 Å². The lowest BCUT2D eigenvalue weighted by molar-refractivity contribution is -0.204. The zero-order valence-electron chi connectivity index (χ0n) is 18.5. The minimum Gasteiger partial charge on any atom is -0.481 e. The molecule has 0 aromatic rings. The Morgan fingerprint density at radius 2 is 1.83 bits per heavy atom. The topological polar surface area (TPSA) is 115 Å². The SMILES string of the molecule is C[C@H](CCC(=O)O)[C@H]1CC[C@H]2[C@@H]3[C@H](O)C[C@@H]4C[C@H](O)CC[C@]4(C)[C@H]3C(=O)[C@@H](O)[C@]12C. The summed E-state index contributed by atoms with van der Waals surface area (Å²) in [6.45, 7) is 6.20. The molecule has 0 aliphatic heterocycles. The Bertz CT molecular complexity index is 708. The van der Waals surface area contributed by atoms with Crippen molar-refractivity contribution >= 4 is 11.8 Å². The van der Waals surface area contributed by atoms with Gasteiger partial charge >= 0.3 is 5.97 Å². The first-order valence-corrected chi connectivity index (χ1v) is 11.8. The molecule has 0 amide bonds. The largest absolute Gasteiger partial charge is 0.481 e. The van der Waals surface area contributed by atoms with Crippen LogP contribution in [0.4, 0.5) is 0 Å². The van der Waals surface area contributed by atoms with Crippen LogP contribution in [-0.4, -0.2) is 50.5 Å². The van der Waals surface area contributed by atoms with Gasteiger partial charge in [0.2, 0.25) is 0 Å². The van der Waals surface area contributed by atoms with Gasteiger partial charge in [0.15, 0.2) is 5.78 Å². The molecule has 0 unspecified atom stereocenters. The second-order valence-electron chi connectivity index (χ2n) is 11.4. The smallest absolute Gasteiger partial charge is 0.303 e. The number of carboxylic acid groups (broad SMARTS) is 1. The van der Waals surface area contributed by atoms with E-state index in [9.17, 15) is 24.9 Å². The van der Waals surface area contributed by atoms with Crippen molar-refractivity contribution in [2.45, 2.75) is 90.4 Å². The average molecular weight is 423 g/mol. The van der Waals surface area contributed by atoms with Crippen molar-refractivity contribution in [2.75, 3.05) is 0 Å². The molecule has 6 nitrogen and oxygen atoms in total. The monoisotopic (exact) mass is 422 g/mol. The number of hydrogen-bond acceptors (Lipinski definition) is 5. The number of carboxylic acids is 1. The fourth-order valence-corrected chi connectivity index (χ4v) is 8.49. The Hall–Kier alpha value is -0.980. The Labute approximate surface area is 179 Å². The highest BCUT2D eigenvalue weighted by molar-refractivity contribution is 5.88. The zero-order valence-corrected chi connectivity index (χ0v) is 18.5. The summed E-state index contributed by atoms with van der Waals surface area (Å²) in [5.74, 6) is -1.12. The average Bonchev–Trinajstić information content (AvgIpc) is 3.03. The molecule has 4 aliphatic carbocycles. The van der Waals surface area contributed by atoms with E-state index in [1.165, 1.54) is 0 Å². The van der Waals surface area contributed by atoms with Crippen LogP contribution in [0.3, 0.4) is 0 Å². The highest BCUT2D eigenvalue weighted by Gasteiger charge is 2.68. The maximum Gasteiger partial charge on any atom is 0.303 e. The van der Waals surface area contributed by atoms with Crippen LogP contribution in [0.15, 0.2) is 0 Å². The van der Waals surface area contributed by atoms with Gasteiger partial charge < -0.3 is 20.4 Å². The quantitative estimate of drug-likeness (QED) is 0.554. The molecule has 4 aliphatic rings. The van der Waals surface area contributed by atoms with Crippen molar-refractivity contribution in [1.82, 2.24) is 0 Å². The van der Waals surface area contributed by atoms with Crippen LogP contribution in [0, 0.1) is 46.3 Å². The summed E-state index contributed by atoms with van der Waals surface area (Å²) < 4.78 is 0. The van der Waals surface area contributed by atoms with Gasteiger partial charge in [-0.1, -0.05) is 20.8 Å². The summed E-state index contributed by atoms with van der Waals surface area (Å²) in [5.41, 5.74) is -0.899. The molecule has 4 saturated carbocycles. The molecule has 170 valence electrons. The van der Waals surface area contributed by atoms with Gasteiger partial charge in [0, 0.05) is 17.8 Å². The van der Waals surface area contributed by atoms with E-state index in [4.69, 9.17) is 5.11 Å². The summed E-state index contributed by atoms with van der Waals surface area (Å²) in [4.78, 5) is 24.8. The number of carbonyl (C=O) groups is 2. The lowest BCUT2D eigenvalue weighted by Gasteiger charge is -2.62. The van der Waals surface area contributed by atoms with Crippen LogP contribution < -0.4 is 0 Å². The molecule has 11 atom stereocenters. The first-order valence-electron chi connectivity index (χ1n) is 11.8. The number of carbonyl (C=O) groups excluding carboxylic acids is 1. The molecule has 0 radical (unpaired) electrons. The normalized spacial score (nSPS) is 51.6. The van der Waals surface area contributed by atoms with Crippen molar-refractivity contribution in [3.05, 3.63) is 0 Å². The molecule has 4 N–H and O–H groups in total. The molecule has 0 aromatic carbocycles. The lowest BCUT2D eigenvalue weighted by Crippen LogP contribution is -2.66. The summed E-state index contributed by atoms with van der Waals surface area (Å²) in [6.07, 6.45) is 3.00. The second kappa shape index (κ2) is 7.56. The van der Waals surface area contributed by atoms with Crippen LogP contribution in [0.5, 0.6) is 0 Å². The van der Waals surface area contributed by atoms with Crippen molar-refractivity contribution in [1.29, 1.82) is 0 Å². The van der Waals surface area contributed by atoms with Crippen LogP contribution in [0.25, 0.3) is 0 Å². The molecule has 30 heavy (non-hydrogen) atoms. The number of Topliss-reactive ketones (excluding diaryl/α,β-unsaturated/α-hetero) is 1. The van der Waals surface area contributed by atoms with Gasteiger partial charge in [-0.25, -0.2) is 0 Å². The molecular formula is C24H38O6. The first-order chi connectivity index (χ1) is 14.0. The maximum atomic E-state index is 13.7. The highest BCUT2D eigenvalue weighted by Crippen LogP contribution is 2.67. The summed E-state index contributed by atoms with van der Waals surface area (Å²) >= 11 is 0. The molecular weight excluding hydrogens is 384 g/mol. The van der Waals surface area contributed by atoms with Crippen LogP contribution >= 0.6 is 0 Å². The Morgan fingerprint density at radius 1 is 1.13 bits per heavy atom. The van der Waals surface area contributed by atoms with Crippen LogP contribution in [0.2, 0.25) is 0 Å². The van der Waals surface area contributed by atoms with E-state index in [1.807, 2.05) is 13.8 Å². The van der Waals surface area contributed by atoms with Gasteiger partial charge in [0.05, 0.1) is 12.2 Å². The third-order valence-electron chi connectivity index (χ3n) is 10.1. The van der Waals surface area contributed by atoms with Gasteiger partial charge in [-0.2, -0.15) is 0 Å². The van der Waals surface area contributed by atoms with E-state index >= 15 is 0 Å². The first kappa shape index (κ1) is 22.2. The van der Waals surface area contributed by atoms with Gasteiger partial charge in [-0.05, 0) is 80.0 Å². The zero-order chi connectivity index (χ0) is 22.0. The number of ketones is 1. The fraction of sp³-hybridized carbons (Fsp3) is 0.917. The number of aliphatic hydroxyl groups excluding tert-OH is 3. The van der Waals surface area contributed by atoms with Crippen molar-refractivity contribution in [3.8, 4) is 0 Å². The number of rotatable bonds is 4.